The second-order valence-electron chi connectivity index (χ2n) is 3.54. The molecule has 98 valence electrons. The topological polar surface area (TPSA) is 79.0 Å². The van der Waals surface area contributed by atoms with Crippen LogP contribution in [0.3, 0.4) is 0 Å². The summed E-state index contributed by atoms with van der Waals surface area (Å²) < 4.78 is 6.20. The highest BCUT2D eigenvalue weighted by atomic mass is 127. The summed E-state index contributed by atoms with van der Waals surface area (Å²) in [7, 11) is 0. The van der Waals surface area contributed by atoms with Gasteiger partial charge in [0.05, 0.1) is 5.97 Å². The maximum Gasteiger partial charge on any atom is 0.281 e. The molecule has 2 aromatic rings. The number of carbonyl (C=O) groups excluding carboxylic acids is 1. The van der Waals surface area contributed by atoms with E-state index in [1.54, 1.807) is 6.92 Å². The fourth-order valence-corrected chi connectivity index (χ4v) is 2.32. The molecule has 5 nitrogen and oxygen atoms in total. The van der Waals surface area contributed by atoms with E-state index in [9.17, 15) is 9.90 Å². The lowest BCUT2D eigenvalue weighted by Crippen LogP contribution is -2.23. The lowest BCUT2D eigenvalue weighted by Gasteiger charge is -2.05. The van der Waals surface area contributed by atoms with Crippen LogP contribution in [0.2, 0.25) is 0 Å². The molecule has 0 aliphatic carbocycles. The van der Waals surface area contributed by atoms with Crippen LogP contribution in [0.5, 0.6) is 0 Å². The first-order chi connectivity index (χ1) is 9.04. The van der Waals surface area contributed by atoms with Crippen molar-refractivity contribution < 1.29 is 14.3 Å². The summed E-state index contributed by atoms with van der Waals surface area (Å²) in [4.78, 5) is 11.1. The maximum absolute atomic E-state index is 11.1. The average Bonchev–Trinajstić information content (AvgIpc) is 2.76. The van der Waals surface area contributed by atoms with Gasteiger partial charge in [0.1, 0.15) is 0 Å². The fraction of sp³-hybridized carbons (Fsp3) is 0.0833. The Hall–Kier alpha value is -1.35. The summed E-state index contributed by atoms with van der Waals surface area (Å²) in [5.74, 6) is -0.895. The van der Waals surface area contributed by atoms with Crippen molar-refractivity contribution in [3.8, 4) is 0 Å². The van der Waals surface area contributed by atoms with E-state index in [0.717, 1.165) is 20.9 Å². The van der Waals surface area contributed by atoms with E-state index in [-0.39, 0.29) is 10.1 Å². The Kier molecular flexibility index (Phi) is 4.59. The number of carboxylic acids is 1. The minimum absolute atomic E-state index is 0.0184. The Morgan fingerprint density at radius 2 is 2.05 bits per heavy atom. The molecule has 0 aliphatic heterocycles. The molecule has 0 bridgehead atoms. The minimum Gasteiger partial charge on any atom is -0.544 e. The number of carbonyl (C=O) groups is 1. The molecule has 0 radical (unpaired) electrons. The largest absolute Gasteiger partial charge is 0.544 e. The highest BCUT2D eigenvalue weighted by Gasteiger charge is 2.08. The molecule has 1 heterocycles. The number of thioether (sulfide) groups is 1. The monoisotopic (exact) mass is 387 g/mol. The number of nitrogens with zero attached hydrogens (tertiary/aromatic N) is 2. The molecular weight excluding hydrogens is 379 g/mol. The number of hydrogen-bond donors (Lipinski definition) is 0. The molecule has 0 spiro atoms. The van der Waals surface area contributed by atoms with Crippen LogP contribution in [0.4, 0.5) is 0 Å². The van der Waals surface area contributed by atoms with Crippen molar-refractivity contribution in [3.05, 3.63) is 44.2 Å². The van der Waals surface area contributed by atoms with E-state index < -0.39 is 5.97 Å². The smallest absolute Gasteiger partial charge is 0.281 e. The Balaban J connectivity index is 2.24. The first kappa shape index (κ1) is 14.1. The lowest BCUT2D eigenvalue weighted by molar-refractivity contribution is -0.298. The molecule has 19 heavy (non-hydrogen) atoms. The number of aromatic nitrogens is 2. The predicted octanol–water partition coefficient (Wildman–Crippen LogP) is 1.87. The van der Waals surface area contributed by atoms with Gasteiger partial charge >= 0.3 is 0 Å². The summed E-state index contributed by atoms with van der Waals surface area (Å²) >= 11 is 3.05. The predicted molar refractivity (Wildman–Crippen MR) is 77.0 cm³/mol. The molecule has 7 heteroatoms. The molecule has 1 aromatic carbocycles. The summed E-state index contributed by atoms with van der Waals surface area (Å²) in [6, 6.07) is 7.43. The standard InChI is InChI=1S/C12H9IN2O3S/c1-7-14-15-12(18-7)19-10(11(16)17)6-8-2-4-9(13)5-3-8/h2-6H,1H3,(H,16,17)/p-1/b10-6-. The lowest BCUT2D eigenvalue weighted by atomic mass is 10.2. The van der Waals surface area contributed by atoms with Crippen LogP contribution in [0.15, 0.2) is 38.8 Å². The van der Waals surface area contributed by atoms with E-state index in [2.05, 4.69) is 32.8 Å². The van der Waals surface area contributed by atoms with Crippen molar-refractivity contribution in [1.82, 2.24) is 10.2 Å². The molecule has 1 aromatic heterocycles. The number of hydrogen-bond acceptors (Lipinski definition) is 6. The molecule has 0 saturated carbocycles. The highest BCUT2D eigenvalue weighted by molar-refractivity contribution is 14.1. The molecule has 0 fully saturated rings. The number of aliphatic carboxylic acids is 1. The van der Waals surface area contributed by atoms with Crippen LogP contribution in [-0.2, 0) is 4.79 Å². The maximum atomic E-state index is 11.1. The van der Waals surface area contributed by atoms with E-state index in [1.807, 2.05) is 24.3 Å². The van der Waals surface area contributed by atoms with Crippen LogP contribution in [-0.4, -0.2) is 16.2 Å². The van der Waals surface area contributed by atoms with Gasteiger partial charge in [-0.2, -0.15) is 0 Å². The van der Waals surface area contributed by atoms with Crippen molar-refractivity contribution in [2.45, 2.75) is 12.1 Å². The summed E-state index contributed by atoms with van der Waals surface area (Å²) in [6.07, 6.45) is 1.51. The van der Waals surface area contributed by atoms with Gasteiger partial charge in [0.2, 0.25) is 5.89 Å². The molecule has 0 unspecified atom stereocenters. The third-order valence-electron chi connectivity index (χ3n) is 2.07. The normalized spacial score (nSPS) is 11.6. The number of rotatable bonds is 4. The van der Waals surface area contributed by atoms with Gasteiger partial charge in [-0.15, -0.1) is 10.2 Å². The van der Waals surface area contributed by atoms with Gasteiger partial charge in [0, 0.05) is 15.4 Å². The summed E-state index contributed by atoms with van der Waals surface area (Å²) in [5.41, 5.74) is 0.767. The van der Waals surface area contributed by atoms with Crippen molar-refractivity contribution in [1.29, 1.82) is 0 Å². The Labute approximate surface area is 127 Å². The Bertz CT molecular complexity index is 622. The zero-order valence-electron chi connectivity index (χ0n) is 9.79. The van der Waals surface area contributed by atoms with Crippen LogP contribution in [0, 0.1) is 10.5 Å². The van der Waals surface area contributed by atoms with Crippen LogP contribution >= 0.6 is 34.4 Å². The number of halogens is 1. The molecule has 0 amide bonds. The average molecular weight is 387 g/mol. The van der Waals surface area contributed by atoms with Crippen LogP contribution in [0.25, 0.3) is 6.08 Å². The van der Waals surface area contributed by atoms with Gasteiger partial charge in [-0.25, -0.2) is 0 Å². The molecular formula is C12H8IN2O3S-. The molecule has 2 rings (SSSR count). The van der Waals surface area contributed by atoms with E-state index in [0.29, 0.717) is 5.89 Å². The third kappa shape index (κ3) is 4.06. The number of carboxylic acid groups (broad SMARTS) is 1. The van der Waals surface area contributed by atoms with Crippen LogP contribution in [0.1, 0.15) is 11.5 Å². The zero-order valence-corrected chi connectivity index (χ0v) is 12.8. The number of aryl methyl sites for hydroxylation is 1. The second-order valence-corrected chi connectivity index (χ2v) is 5.78. The van der Waals surface area contributed by atoms with Gasteiger partial charge in [0.15, 0.2) is 0 Å². The third-order valence-corrected chi connectivity index (χ3v) is 3.64. The van der Waals surface area contributed by atoms with Gasteiger partial charge in [-0.1, -0.05) is 12.1 Å². The van der Waals surface area contributed by atoms with Gasteiger partial charge in [0.25, 0.3) is 5.22 Å². The van der Waals surface area contributed by atoms with Gasteiger partial charge in [-0.3, -0.25) is 0 Å². The highest BCUT2D eigenvalue weighted by Crippen LogP contribution is 2.26. The SMILES string of the molecule is Cc1nnc(S/C(=C\c2ccc(I)cc2)C(=O)[O-])o1. The quantitative estimate of drug-likeness (QED) is 0.453. The van der Waals surface area contributed by atoms with E-state index in [1.165, 1.54) is 6.08 Å². The van der Waals surface area contributed by atoms with Crippen molar-refractivity contribution in [2.24, 2.45) is 0 Å². The summed E-state index contributed by atoms with van der Waals surface area (Å²) in [6.45, 7) is 1.64. The summed E-state index contributed by atoms with van der Waals surface area (Å²) in [5, 5.41) is 18.6. The second kappa shape index (κ2) is 6.20. The Morgan fingerprint density at radius 1 is 1.37 bits per heavy atom. The van der Waals surface area contributed by atoms with Gasteiger partial charge < -0.3 is 14.3 Å². The molecule has 0 saturated heterocycles. The molecule has 0 aliphatic rings. The van der Waals surface area contributed by atoms with Crippen LogP contribution < -0.4 is 5.11 Å². The molecule has 0 atom stereocenters. The fourth-order valence-electron chi connectivity index (χ4n) is 1.25. The minimum atomic E-state index is -1.28. The van der Waals surface area contributed by atoms with E-state index >= 15 is 0 Å². The first-order valence-corrected chi connectivity index (χ1v) is 7.10. The van der Waals surface area contributed by atoms with E-state index in [4.69, 9.17) is 4.42 Å². The first-order valence-electron chi connectivity index (χ1n) is 5.21. The van der Waals surface area contributed by atoms with Crippen molar-refractivity contribution in [3.63, 3.8) is 0 Å². The number of benzene rings is 1. The van der Waals surface area contributed by atoms with Gasteiger partial charge in [-0.05, 0) is 58.1 Å². The Morgan fingerprint density at radius 3 is 2.58 bits per heavy atom. The van der Waals surface area contributed by atoms with Crippen molar-refractivity contribution >= 4 is 46.4 Å². The van der Waals surface area contributed by atoms with Crippen molar-refractivity contribution in [2.75, 3.05) is 0 Å². The molecule has 0 N–H and O–H groups in total. The zero-order chi connectivity index (χ0) is 13.8.